The van der Waals surface area contributed by atoms with Gasteiger partial charge >= 0.3 is 5.91 Å². The highest BCUT2D eigenvalue weighted by Gasteiger charge is 2.28. The monoisotopic (exact) mass is 512 g/mol. The fourth-order valence-corrected chi connectivity index (χ4v) is 4.29. The van der Waals surface area contributed by atoms with Crippen molar-refractivity contribution < 1.29 is 18.8 Å². The van der Waals surface area contributed by atoms with Crippen molar-refractivity contribution in [2.75, 3.05) is 0 Å². The number of nitrogens with zero attached hydrogens (tertiary/aromatic N) is 1. The van der Waals surface area contributed by atoms with Crippen LogP contribution in [0, 0.1) is 13.8 Å². The van der Waals surface area contributed by atoms with Crippen LogP contribution in [0.3, 0.4) is 0 Å². The standard InChI is InChI=1S/C25H22Cl2N4O4/c1-13-6-8-15(9-7-13)23(32)29-28-19-4-3-5-20-21(19)14(2)22(35-20)25(34)31-30-24(33)17-11-10-16(26)12-18(17)27/h6-12H,3-5H2,1-2H3,(H,29,32)(H,30,33)(H,31,34)/b28-19+. The van der Waals surface area contributed by atoms with E-state index in [0.717, 1.165) is 12.0 Å². The number of aryl methyl sites for hydroxylation is 2. The van der Waals surface area contributed by atoms with E-state index < -0.39 is 11.8 Å². The fraction of sp³-hybridized carbons (Fsp3) is 0.200. The SMILES string of the molecule is Cc1ccc(C(=O)N/N=C2\CCCc3oc(C(=O)NNC(=O)c4ccc(Cl)cc4Cl)c(C)c32)cc1. The predicted molar refractivity (Wildman–Crippen MR) is 133 cm³/mol. The molecule has 0 spiro atoms. The molecule has 35 heavy (non-hydrogen) atoms. The molecule has 8 nitrogen and oxygen atoms in total. The molecular formula is C25H22Cl2N4O4. The molecule has 1 aliphatic carbocycles. The summed E-state index contributed by atoms with van der Waals surface area (Å²) in [5.74, 6) is -0.896. The molecule has 0 radical (unpaired) electrons. The summed E-state index contributed by atoms with van der Waals surface area (Å²) in [6, 6.07) is 11.6. The van der Waals surface area contributed by atoms with E-state index in [-0.39, 0.29) is 22.3 Å². The third-order valence-electron chi connectivity index (χ3n) is 5.60. The van der Waals surface area contributed by atoms with Crippen molar-refractivity contribution in [1.82, 2.24) is 16.3 Å². The van der Waals surface area contributed by atoms with Crippen LogP contribution in [-0.2, 0) is 6.42 Å². The van der Waals surface area contributed by atoms with Gasteiger partial charge in [-0.3, -0.25) is 25.2 Å². The molecule has 0 bridgehead atoms. The van der Waals surface area contributed by atoms with E-state index in [9.17, 15) is 14.4 Å². The Bertz CT molecular complexity index is 1350. The van der Waals surface area contributed by atoms with Crippen molar-refractivity contribution in [1.29, 1.82) is 0 Å². The van der Waals surface area contributed by atoms with Crippen molar-refractivity contribution in [2.24, 2.45) is 5.10 Å². The number of halogens is 2. The lowest BCUT2D eigenvalue weighted by atomic mass is 9.93. The van der Waals surface area contributed by atoms with Crippen LogP contribution in [-0.4, -0.2) is 23.4 Å². The van der Waals surface area contributed by atoms with Gasteiger partial charge in [0.2, 0.25) is 0 Å². The summed E-state index contributed by atoms with van der Waals surface area (Å²) in [6.07, 6.45) is 2.00. The first-order valence-corrected chi connectivity index (χ1v) is 11.6. The highest BCUT2D eigenvalue weighted by molar-refractivity contribution is 6.36. The maximum Gasteiger partial charge on any atom is 0.305 e. The topological polar surface area (TPSA) is 113 Å². The quantitative estimate of drug-likeness (QED) is 0.437. The molecule has 1 aliphatic rings. The van der Waals surface area contributed by atoms with E-state index in [0.29, 0.717) is 46.0 Å². The molecule has 3 aromatic rings. The van der Waals surface area contributed by atoms with Crippen LogP contribution in [0.25, 0.3) is 0 Å². The zero-order valence-corrected chi connectivity index (χ0v) is 20.5. The molecule has 10 heteroatoms. The van der Waals surface area contributed by atoms with E-state index in [4.69, 9.17) is 27.6 Å². The van der Waals surface area contributed by atoms with Gasteiger partial charge in [-0.1, -0.05) is 40.9 Å². The summed E-state index contributed by atoms with van der Waals surface area (Å²) >= 11 is 11.9. The number of hydrazine groups is 1. The second-order valence-corrected chi connectivity index (χ2v) is 8.95. The third-order valence-corrected chi connectivity index (χ3v) is 6.15. The number of amides is 3. The van der Waals surface area contributed by atoms with E-state index >= 15 is 0 Å². The van der Waals surface area contributed by atoms with Crippen LogP contribution in [0.2, 0.25) is 10.0 Å². The Kier molecular flexibility index (Phi) is 7.23. The molecule has 0 unspecified atom stereocenters. The number of hydrogen-bond donors (Lipinski definition) is 3. The van der Waals surface area contributed by atoms with Gasteiger partial charge in [0, 0.05) is 28.1 Å². The Labute approximate surface area is 211 Å². The highest BCUT2D eigenvalue weighted by Crippen LogP contribution is 2.30. The molecular weight excluding hydrogens is 491 g/mol. The second-order valence-electron chi connectivity index (χ2n) is 8.11. The van der Waals surface area contributed by atoms with Crippen LogP contribution >= 0.6 is 23.2 Å². The molecule has 0 fully saturated rings. The van der Waals surface area contributed by atoms with Gasteiger partial charge < -0.3 is 4.42 Å². The van der Waals surface area contributed by atoms with Crippen LogP contribution in [0.4, 0.5) is 0 Å². The van der Waals surface area contributed by atoms with Crippen LogP contribution in [0.5, 0.6) is 0 Å². The average Bonchev–Trinajstić information content (AvgIpc) is 3.18. The molecule has 0 aliphatic heterocycles. The Morgan fingerprint density at radius 1 is 0.914 bits per heavy atom. The fourth-order valence-electron chi connectivity index (χ4n) is 3.80. The first-order valence-electron chi connectivity index (χ1n) is 10.9. The molecule has 3 N–H and O–H groups in total. The lowest BCUT2D eigenvalue weighted by Gasteiger charge is -2.13. The molecule has 4 rings (SSSR count). The first-order chi connectivity index (χ1) is 16.7. The van der Waals surface area contributed by atoms with Crippen molar-refractivity contribution in [3.63, 3.8) is 0 Å². The Morgan fingerprint density at radius 3 is 2.34 bits per heavy atom. The maximum atomic E-state index is 12.8. The zero-order chi connectivity index (χ0) is 25.1. The maximum absolute atomic E-state index is 12.8. The Balaban J connectivity index is 1.48. The minimum Gasteiger partial charge on any atom is -0.455 e. The lowest BCUT2D eigenvalue weighted by molar-refractivity contribution is 0.0829. The smallest absolute Gasteiger partial charge is 0.305 e. The molecule has 1 heterocycles. The van der Waals surface area contributed by atoms with Gasteiger partial charge in [0.05, 0.1) is 16.3 Å². The summed E-state index contributed by atoms with van der Waals surface area (Å²) in [6.45, 7) is 3.68. The van der Waals surface area contributed by atoms with E-state index in [1.165, 1.54) is 18.2 Å². The molecule has 2 aromatic carbocycles. The summed E-state index contributed by atoms with van der Waals surface area (Å²) in [7, 11) is 0. The third kappa shape index (κ3) is 5.39. The Hall–Kier alpha value is -3.62. The number of benzene rings is 2. The Morgan fingerprint density at radius 2 is 1.63 bits per heavy atom. The lowest BCUT2D eigenvalue weighted by Crippen LogP contribution is -2.41. The first kappa shape index (κ1) is 24.5. The summed E-state index contributed by atoms with van der Waals surface area (Å²) in [5.41, 5.74) is 10.9. The molecule has 3 amide bonds. The van der Waals surface area contributed by atoms with Gasteiger partial charge in [-0.2, -0.15) is 5.10 Å². The number of nitrogens with one attached hydrogen (secondary N) is 3. The number of carbonyl (C=O) groups excluding carboxylic acids is 3. The van der Waals surface area contributed by atoms with E-state index in [2.05, 4.69) is 21.4 Å². The summed E-state index contributed by atoms with van der Waals surface area (Å²) < 4.78 is 5.81. The molecule has 180 valence electrons. The number of rotatable bonds is 4. The van der Waals surface area contributed by atoms with Crippen LogP contribution < -0.4 is 16.3 Å². The normalized spacial score (nSPS) is 13.8. The highest BCUT2D eigenvalue weighted by atomic mass is 35.5. The number of carbonyl (C=O) groups is 3. The molecule has 0 saturated heterocycles. The number of hydrazone groups is 1. The average molecular weight is 513 g/mol. The van der Waals surface area contributed by atoms with Gasteiger partial charge in [0.1, 0.15) is 5.76 Å². The second kappa shape index (κ2) is 10.3. The van der Waals surface area contributed by atoms with Crippen molar-refractivity contribution in [2.45, 2.75) is 33.1 Å². The molecule has 0 atom stereocenters. The summed E-state index contributed by atoms with van der Waals surface area (Å²) in [4.78, 5) is 37.6. The largest absolute Gasteiger partial charge is 0.455 e. The zero-order valence-electron chi connectivity index (χ0n) is 19.0. The van der Waals surface area contributed by atoms with Gasteiger partial charge in [-0.05, 0) is 57.0 Å². The van der Waals surface area contributed by atoms with Gasteiger partial charge in [0.15, 0.2) is 5.76 Å². The van der Waals surface area contributed by atoms with E-state index in [1.807, 2.05) is 19.1 Å². The number of hydrogen-bond acceptors (Lipinski definition) is 5. The minimum atomic E-state index is -0.627. The van der Waals surface area contributed by atoms with Crippen molar-refractivity contribution >= 4 is 46.6 Å². The van der Waals surface area contributed by atoms with Gasteiger partial charge in [-0.15, -0.1) is 0 Å². The van der Waals surface area contributed by atoms with Gasteiger partial charge in [0.25, 0.3) is 11.8 Å². The van der Waals surface area contributed by atoms with E-state index in [1.54, 1.807) is 19.1 Å². The minimum absolute atomic E-state index is 0.0527. The van der Waals surface area contributed by atoms with Gasteiger partial charge in [-0.25, -0.2) is 5.43 Å². The summed E-state index contributed by atoms with van der Waals surface area (Å²) in [5, 5.41) is 4.86. The van der Waals surface area contributed by atoms with Crippen molar-refractivity contribution in [3.05, 3.63) is 91.8 Å². The van der Waals surface area contributed by atoms with Crippen molar-refractivity contribution in [3.8, 4) is 0 Å². The molecule has 1 aromatic heterocycles. The van der Waals surface area contributed by atoms with Crippen LogP contribution in [0.15, 0.2) is 52.0 Å². The van der Waals surface area contributed by atoms with Crippen LogP contribution in [0.1, 0.15) is 66.6 Å². The molecule has 0 saturated carbocycles. The predicted octanol–water partition coefficient (Wildman–Crippen LogP) is 4.75. The number of furan rings is 1. The number of fused-ring (bicyclic) bond motifs is 1.